The number of rotatable bonds is 27. The molecule has 0 aliphatic rings. The van der Waals surface area contributed by atoms with E-state index in [1.165, 1.54) is 89.9 Å². The van der Waals surface area contributed by atoms with Crippen LogP contribution in [-0.4, -0.2) is 38.5 Å². The van der Waals surface area contributed by atoms with Crippen molar-refractivity contribution in [3.8, 4) is 0 Å². The van der Waals surface area contributed by atoms with Gasteiger partial charge in [0.15, 0.2) is 12.4 Å². The fourth-order valence-corrected chi connectivity index (χ4v) is 4.71. The van der Waals surface area contributed by atoms with Crippen LogP contribution in [0, 0.1) is 0 Å². The molecular weight excluding hydrogens is 594 g/mol. The number of carbonyl (C=O) groups is 2. The van der Waals surface area contributed by atoms with Crippen molar-refractivity contribution in [3.63, 3.8) is 0 Å². The van der Waals surface area contributed by atoms with E-state index in [1.54, 1.807) is 0 Å². The third-order valence-electron chi connectivity index (χ3n) is 7.25. The topological polar surface area (TPSA) is 80.5 Å². The molecule has 0 bridgehead atoms. The smallest absolute Gasteiger partial charge is 0.407 e. The van der Waals surface area contributed by atoms with Crippen LogP contribution in [0.4, 0.5) is 9.59 Å². The Bertz CT molecular complexity index is 779. The number of carbonyl (C=O) groups excluding carboxylic acids is 2. The van der Waals surface area contributed by atoms with Crippen molar-refractivity contribution in [1.82, 2.24) is 10.6 Å². The number of ether oxygens (including phenoxy) is 2. The molecule has 7 nitrogen and oxygen atoms in total. The van der Waals surface area contributed by atoms with Crippen LogP contribution in [-0.2, 0) is 16.0 Å². The molecule has 0 radical (unpaired) electrons. The monoisotopic (exact) mass is 653 g/mol. The zero-order valence-corrected chi connectivity index (χ0v) is 28.1. The van der Waals surface area contributed by atoms with Gasteiger partial charge in [-0.3, -0.25) is 0 Å². The Kier molecular flexibility index (Phi) is 28.9. The summed E-state index contributed by atoms with van der Waals surface area (Å²) in [5.41, 5.74) is 0.539. The summed E-state index contributed by atoms with van der Waals surface area (Å²) in [5.74, 6) is 0. The molecule has 1 aromatic rings. The minimum Gasteiger partial charge on any atom is -1.00 e. The fraction of sp³-hybridized carbons (Fsp3) is 0.735. The highest BCUT2D eigenvalue weighted by Gasteiger charge is 2.06. The van der Waals surface area contributed by atoms with Gasteiger partial charge in [-0.05, 0) is 24.8 Å². The Labute approximate surface area is 267 Å². The summed E-state index contributed by atoms with van der Waals surface area (Å²) in [6, 6.07) is 6.04. The molecule has 242 valence electrons. The Hall–Kier alpha value is -2.09. The lowest BCUT2D eigenvalue weighted by Crippen LogP contribution is -3.00. The highest BCUT2D eigenvalue weighted by Crippen LogP contribution is 2.13. The zero-order valence-electron chi connectivity index (χ0n) is 26.5. The molecule has 0 spiro atoms. The van der Waals surface area contributed by atoms with E-state index in [-0.39, 0.29) is 30.2 Å². The molecule has 0 fully saturated rings. The quantitative estimate of drug-likeness (QED) is 0.0755. The number of hydrogen-bond donors (Lipinski definition) is 2. The van der Waals surface area contributed by atoms with E-state index in [0.717, 1.165) is 38.6 Å². The third-order valence-corrected chi connectivity index (χ3v) is 7.25. The minimum atomic E-state index is -0.475. The van der Waals surface area contributed by atoms with Crippen molar-refractivity contribution >= 4 is 12.2 Å². The lowest BCUT2D eigenvalue weighted by atomic mass is 10.0. The molecule has 0 atom stereocenters. The Morgan fingerprint density at radius 3 is 1.40 bits per heavy atom. The molecular formula is C34H60BrN3O4. The van der Waals surface area contributed by atoms with Crippen molar-refractivity contribution in [2.45, 2.75) is 135 Å². The number of pyridine rings is 1. The van der Waals surface area contributed by atoms with Gasteiger partial charge in [0.05, 0.1) is 0 Å². The second-order valence-electron chi connectivity index (χ2n) is 11.2. The number of nitrogens with one attached hydrogen (secondary N) is 2. The lowest BCUT2D eigenvalue weighted by molar-refractivity contribution is -0.697. The molecule has 0 saturated heterocycles. The summed E-state index contributed by atoms with van der Waals surface area (Å²) < 4.78 is 12.5. The first-order valence-electron chi connectivity index (χ1n) is 16.5. The van der Waals surface area contributed by atoms with Crippen LogP contribution in [0.5, 0.6) is 0 Å². The first-order chi connectivity index (χ1) is 20.1. The van der Waals surface area contributed by atoms with Gasteiger partial charge in [0.2, 0.25) is 0 Å². The van der Waals surface area contributed by atoms with Crippen LogP contribution in [0.3, 0.4) is 0 Å². The van der Waals surface area contributed by atoms with E-state index >= 15 is 0 Å². The Balaban J connectivity index is 0.0000168. The van der Waals surface area contributed by atoms with Crippen molar-refractivity contribution in [2.24, 2.45) is 0 Å². The van der Waals surface area contributed by atoms with Crippen LogP contribution in [0.25, 0.3) is 0 Å². The average molecular weight is 655 g/mol. The number of alkyl carbamates (subject to hydrolysis) is 2. The normalized spacial score (nSPS) is 10.5. The maximum Gasteiger partial charge on any atom is 0.407 e. The number of aromatic nitrogens is 1. The standard InChI is InChI=1S/C34H59N3O4.BrH/c1-3-4-5-6-7-8-9-10-11-12-13-14-15-16-17-20-25-35-33(38)40-30-32(2)31-41-34(39)36-26-21-18-22-27-37-28-23-19-24-29-37;/h19,23-24,28-29H,2-18,20-22,25-27,30-31H2,1H3,(H-,35,36,38,39);1H. The molecule has 8 heteroatoms. The van der Waals surface area contributed by atoms with Gasteiger partial charge in [0.25, 0.3) is 0 Å². The van der Waals surface area contributed by atoms with Crippen LogP contribution in [0.2, 0.25) is 0 Å². The van der Waals surface area contributed by atoms with Crippen molar-refractivity contribution in [2.75, 3.05) is 26.3 Å². The van der Waals surface area contributed by atoms with Crippen LogP contribution < -0.4 is 32.2 Å². The summed E-state index contributed by atoms with van der Waals surface area (Å²) in [5, 5.41) is 5.53. The highest BCUT2D eigenvalue weighted by atomic mass is 79.9. The van der Waals surface area contributed by atoms with E-state index in [0.29, 0.717) is 18.7 Å². The van der Waals surface area contributed by atoms with Gasteiger partial charge in [-0.2, -0.15) is 0 Å². The van der Waals surface area contributed by atoms with Gasteiger partial charge in [0.1, 0.15) is 19.8 Å². The molecule has 42 heavy (non-hydrogen) atoms. The van der Waals surface area contributed by atoms with Crippen molar-refractivity contribution in [1.29, 1.82) is 0 Å². The highest BCUT2D eigenvalue weighted by molar-refractivity contribution is 5.68. The number of halogens is 1. The average Bonchev–Trinajstić information content (AvgIpc) is 2.98. The fourth-order valence-electron chi connectivity index (χ4n) is 4.71. The SMILES string of the molecule is C=C(COC(=O)NCCCCCCCCCCCCCCCCCC)COC(=O)NCCCCC[n+]1ccccc1.[Br-]. The zero-order chi connectivity index (χ0) is 29.6. The molecule has 1 rings (SSSR count). The Morgan fingerprint density at radius 2 is 0.976 bits per heavy atom. The Morgan fingerprint density at radius 1 is 0.595 bits per heavy atom. The number of nitrogens with zero attached hydrogens (tertiary/aromatic N) is 1. The van der Waals surface area contributed by atoms with E-state index in [1.807, 2.05) is 18.2 Å². The summed E-state index contributed by atoms with van der Waals surface area (Å²) in [6.45, 7) is 8.32. The maximum atomic E-state index is 11.9. The van der Waals surface area contributed by atoms with E-state index in [2.05, 4.69) is 41.1 Å². The molecule has 2 N–H and O–H groups in total. The molecule has 0 aromatic carbocycles. The number of unbranched alkanes of at least 4 members (excludes halogenated alkanes) is 17. The van der Waals surface area contributed by atoms with Gasteiger partial charge in [-0.15, -0.1) is 0 Å². The van der Waals surface area contributed by atoms with Crippen LogP contribution >= 0.6 is 0 Å². The van der Waals surface area contributed by atoms with Gasteiger partial charge >= 0.3 is 12.2 Å². The van der Waals surface area contributed by atoms with Gasteiger partial charge < -0.3 is 37.1 Å². The summed E-state index contributed by atoms with van der Waals surface area (Å²) in [4.78, 5) is 23.7. The van der Waals surface area contributed by atoms with E-state index < -0.39 is 12.2 Å². The largest absolute Gasteiger partial charge is 1.00 e. The van der Waals surface area contributed by atoms with Gasteiger partial charge in [0, 0.05) is 31.6 Å². The molecule has 0 aliphatic carbocycles. The van der Waals surface area contributed by atoms with E-state index in [9.17, 15) is 9.59 Å². The molecule has 1 aromatic heterocycles. The first kappa shape index (κ1) is 39.9. The minimum absolute atomic E-state index is 0. The maximum absolute atomic E-state index is 11.9. The predicted molar refractivity (Wildman–Crippen MR) is 168 cm³/mol. The van der Waals surface area contributed by atoms with Crippen molar-refractivity contribution < 1.29 is 40.6 Å². The molecule has 1 heterocycles. The summed E-state index contributed by atoms with van der Waals surface area (Å²) >= 11 is 0. The predicted octanol–water partition coefficient (Wildman–Crippen LogP) is 5.42. The molecule has 0 aliphatic heterocycles. The molecule has 2 amide bonds. The van der Waals surface area contributed by atoms with Crippen LogP contribution in [0.1, 0.15) is 129 Å². The summed E-state index contributed by atoms with van der Waals surface area (Å²) in [6.07, 6.45) is 27.4. The number of aryl methyl sites for hydroxylation is 1. The first-order valence-corrected chi connectivity index (χ1v) is 16.5. The van der Waals surface area contributed by atoms with Crippen molar-refractivity contribution in [3.05, 3.63) is 42.7 Å². The van der Waals surface area contributed by atoms with E-state index in [4.69, 9.17) is 9.47 Å². The third kappa shape index (κ3) is 26.8. The molecule has 0 saturated carbocycles. The second kappa shape index (κ2) is 30.4. The van der Waals surface area contributed by atoms with Crippen LogP contribution in [0.15, 0.2) is 42.7 Å². The molecule has 0 unspecified atom stereocenters. The second-order valence-corrected chi connectivity index (χ2v) is 11.2. The lowest BCUT2D eigenvalue weighted by Gasteiger charge is -2.10. The number of amides is 2. The van der Waals surface area contributed by atoms with Gasteiger partial charge in [-0.1, -0.05) is 116 Å². The number of hydrogen-bond acceptors (Lipinski definition) is 4. The van der Waals surface area contributed by atoms with Gasteiger partial charge in [-0.25, -0.2) is 14.2 Å². The summed E-state index contributed by atoms with van der Waals surface area (Å²) in [7, 11) is 0.